The van der Waals surface area contributed by atoms with Crippen molar-refractivity contribution >= 4 is 0 Å². The quantitative estimate of drug-likeness (QED) is 0.826. The van der Waals surface area contributed by atoms with Crippen LogP contribution in [0.25, 0.3) is 11.1 Å². The lowest BCUT2D eigenvalue weighted by Gasteiger charge is -2.12. The molecule has 2 aromatic rings. The molecule has 1 nitrogen and oxygen atoms in total. The van der Waals surface area contributed by atoms with Gasteiger partial charge in [0.15, 0.2) is 0 Å². The van der Waals surface area contributed by atoms with E-state index in [2.05, 4.69) is 51.1 Å². The van der Waals surface area contributed by atoms with E-state index >= 15 is 0 Å². The van der Waals surface area contributed by atoms with Crippen molar-refractivity contribution in [2.24, 2.45) is 0 Å². The second-order valence-corrected chi connectivity index (χ2v) is 4.55. The summed E-state index contributed by atoms with van der Waals surface area (Å²) in [4.78, 5) is 0. The third-order valence-corrected chi connectivity index (χ3v) is 3.38. The van der Waals surface area contributed by atoms with Crippen LogP contribution in [0.2, 0.25) is 0 Å². The molecule has 0 saturated carbocycles. The molecule has 0 unspecified atom stereocenters. The molecule has 2 rings (SSSR count). The first-order valence-corrected chi connectivity index (χ1v) is 5.90. The number of hydrogen-bond acceptors (Lipinski definition) is 1. The number of rotatable bonds is 2. The average Bonchev–Trinajstić information content (AvgIpc) is 2.34. The van der Waals surface area contributed by atoms with Crippen LogP contribution in [0.4, 0.5) is 0 Å². The fraction of sp³-hybridized carbons (Fsp3) is 0.250. The zero-order chi connectivity index (χ0) is 12.4. The highest BCUT2D eigenvalue weighted by molar-refractivity contribution is 5.72. The Kier molecular flexibility index (Phi) is 3.30. The Hall–Kier alpha value is -1.60. The summed E-state index contributed by atoms with van der Waals surface area (Å²) >= 11 is 0. The van der Waals surface area contributed by atoms with Gasteiger partial charge in [-0.1, -0.05) is 30.3 Å². The van der Waals surface area contributed by atoms with Gasteiger partial charge in [-0.25, -0.2) is 0 Å². The summed E-state index contributed by atoms with van der Waals surface area (Å²) < 4.78 is 0. The first-order valence-electron chi connectivity index (χ1n) is 5.90. The van der Waals surface area contributed by atoms with Crippen LogP contribution in [0, 0.1) is 20.8 Å². The SMILES string of the molecule is Cc1ccc(CO)cc1-c1cccc(C)c1C. The van der Waals surface area contributed by atoms with Gasteiger partial charge in [0, 0.05) is 0 Å². The molecular weight excluding hydrogens is 208 g/mol. The van der Waals surface area contributed by atoms with E-state index < -0.39 is 0 Å². The van der Waals surface area contributed by atoms with Crippen molar-refractivity contribution in [2.45, 2.75) is 27.4 Å². The Morgan fingerprint density at radius 3 is 2.35 bits per heavy atom. The number of hydrogen-bond donors (Lipinski definition) is 1. The molecule has 0 radical (unpaired) electrons. The van der Waals surface area contributed by atoms with Gasteiger partial charge in [0.05, 0.1) is 6.61 Å². The highest BCUT2D eigenvalue weighted by Gasteiger charge is 2.07. The summed E-state index contributed by atoms with van der Waals surface area (Å²) in [5, 5.41) is 9.22. The molecule has 0 fully saturated rings. The fourth-order valence-electron chi connectivity index (χ4n) is 2.10. The van der Waals surface area contributed by atoms with Crippen LogP contribution < -0.4 is 0 Å². The van der Waals surface area contributed by atoms with E-state index in [-0.39, 0.29) is 6.61 Å². The minimum absolute atomic E-state index is 0.0954. The predicted molar refractivity (Wildman–Crippen MR) is 72.0 cm³/mol. The molecule has 0 heterocycles. The smallest absolute Gasteiger partial charge is 0.0682 e. The van der Waals surface area contributed by atoms with Crippen LogP contribution in [-0.4, -0.2) is 5.11 Å². The lowest BCUT2D eigenvalue weighted by Crippen LogP contribution is -1.92. The van der Waals surface area contributed by atoms with E-state index in [0.717, 1.165) is 5.56 Å². The summed E-state index contributed by atoms with van der Waals surface area (Å²) in [6, 6.07) is 12.5. The topological polar surface area (TPSA) is 20.2 Å². The van der Waals surface area contributed by atoms with Gasteiger partial charge in [0.2, 0.25) is 0 Å². The van der Waals surface area contributed by atoms with Crippen LogP contribution in [0.15, 0.2) is 36.4 Å². The molecule has 1 N–H and O–H groups in total. The van der Waals surface area contributed by atoms with Crippen molar-refractivity contribution in [3.63, 3.8) is 0 Å². The minimum Gasteiger partial charge on any atom is -0.392 e. The van der Waals surface area contributed by atoms with Gasteiger partial charge < -0.3 is 5.11 Å². The van der Waals surface area contributed by atoms with Crippen LogP contribution in [0.1, 0.15) is 22.3 Å². The summed E-state index contributed by atoms with van der Waals surface area (Å²) in [6.45, 7) is 6.48. The predicted octanol–water partition coefficient (Wildman–Crippen LogP) is 3.77. The second-order valence-electron chi connectivity index (χ2n) is 4.55. The molecule has 0 bridgehead atoms. The van der Waals surface area contributed by atoms with Gasteiger partial charge in [-0.05, 0) is 60.2 Å². The van der Waals surface area contributed by atoms with Gasteiger partial charge in [-0.3, -0.25) is 0 Å². The first kappa shape index (κ1) is 11.9. The van der Waals surface area contributed by atoms with E-state index in [4.69, 9.17) is 0 Å². The molecule has 0 spiro atoms. The maximum atomic E-state index is 9.22. The zero-order valence-corrected chi connectivity index (χ0v) is 10.6. The Morgan fingerprint density at radius 2 is 1.65 bits per heavy atom. The molecule has 17 heavy (non-hydrogen) atoms. The van der Waals surface area contributed by atoms with Crippen molar-refractivity contribution in [3.8, 4) is 11.1 Å². The highest BCUT2D eigenvalue weighted by atomic mass is 16.3. The first-order chi connectivity index (χ1) is 8.13. The Balaban J connectivity index is 2.63. The van der Waals surface area contributed by atoms with Gasteiger partial charge >= 0.3 is 0 Å². The van der Waals surface area contributed by atoms with Gasteiger partial charge in [-0.15, -0.1) is 0 Å². The monoisotopic (exact) mass is 226 g/mol. The number of aryl methyl sites for hydroxylation is 2. The molecule has 0 aliphatic heterocycles. The van der Waals surface area contributed by atoms with Crippen LogP contribution in [-0.2, 0) is 6.61 Å². The van der Waals surface area contributed by atoms with Gasteiger partial charge in [0.1, 0.15) is 0 Å². The molecule has 1 heteroatoms. The van der Waals surface area contributed by atoms with Crippen molar-refractivity contribution in [2.75, 3.05) is 0 Å². The number of benzene rings is 2. The Labute approximate surface area is 103 Å². The average molecular weight is 226 g/mol. The minimum atomic E-state index is 0.0954. The Bertz CT molecular complexity index is 541. The molecular formula is C16H18O. The van der Waals surface area contributed by atoms with E-state index in [9.17, 15) is 5.11 Å². The molecule has 88 valence electrons. The lowest BCUT2D eigenvalue weighted by atomic mass is 9.93. The molecule has 0 aromatic heterocycles. The van der Waals surface area contributed by atoms with Crippen molar-refractivity contribution in [3.05, 3.63) is 58.7 Å². The van der Waals surface area contributed by atoms with Crippen LogP contribution in [0.5, 0.6) is 0 Å². The van der Waals surface area contributed by atoms with E-state index in [1.54, 1.807) is 0 Å². The summed E-state index contributed by atoms with van der Waals surface area (Å²) in [6.07, 6.45) is 0. The molecule has 0 amide bonds. The third kappa shape index (κ3) is 2.25. The second kappa shape index (κ2) is 4.72. The van der Waals surface area contributed by atoms with E-state index in [1.807, 2.05) is 6.07 Å². The molecule has 0 aliphatic carbocycles. The summed E-state index contributed by atoms with van der Waals surface area (Å²) in [5.74, 6) is 0. The van der Waals surface area contributed by atoms with Gasteiger partial charge in [-0.2, -0.15) is 0 Å². The van der Waals surface area contributed by atoms with Gasteiger partial charge in [0.25, 0.3) is 0 Å². The van der Waals surface area contributed by atoms with Crippen molar-refractivity contribution in [1.82, 2.24) is 0 Å². The number of aliphatic hydroxyl groups is 1. The zero-order valence-electron chi connectivity index (χ0n) is 10.6. The lowest BCUT2D eigenvalue weighted by molar-refractivity contribution is 0.282. The molecule has 2 aromatic carbocycles. The van der Waals surface area contributed by atoms with Crippen LogP contribution >= 0.6 is 0 Å². The Morgan fingerprint density at radius 1 is 0.882 bits per heavy atom. The number of aliphatic hydroxyl groups excluding tert-OH is 1. The van der Waals surface area contributed by atoms with E-state index in [0.29, 0.717) is 0 Å². The summed E-state index contributed by atoms with van der Waals surface area (Å²) in [5.41, 5.74) is 7.31. The molecule has 0 aliphatic rings. The van der Waals surface area contributed by atoms with Crippen molar-refractivity contribution in [1.29, 1.82) is 0 Å². The normalized spacial score (nSPS) is 10.6. The summed E-state index contributed by atoms with van der Waals surface area (Å²) in [7, 11) is 0. The van der Waals surface area contributed by atoms with Crippen molar-refractivity contribution < 1.29 is 5.11 Å². The third-order valence-electron chi connectivity index (χ3n) is 3.38. The highest BCUT2D eigenvalue weighted by Crippen LogP contribution is 2.29. The van der Waals surface area contributed by atoms with Crippen LogP contribution in [0.3, 0.4) is 0 Å². The maximum Gasteiger partial charge on any atom is 0.0682 e. The maximum absolute atomic E-state index is 9.22. The largest absolute Gasteiger partial charge is 0.392 e. The standard InChI is InChI=1S/C16H18O/c1-11-5-4-6-15(13(11)3)16-9-14(10-17)8-7-12(16)2/h4-9,17H,10H2,1-3H3. The fourth-order valence-corrected chi connectivity index (χ4v) is 2.10. The van der Waals surface area contributed by atoms with E-state index in [1.165, 1.54) is 27.8 Å². The molecule has 0 atom stereocenters. The molecule has 0 saturated heterocycles.